The van der Waals surface area contributed by atoms with Gasteiger partial charge in [0.2, 0.25) is 5.91 Å². The molecule has 0 aliphatic carbocycles. The van der Waals surface area contributed by atoms with Gasteiger partial charge in [0.05, 0.1) is 38.7 Å². The standard InChI is InChI=1S/C21H25NO6S/c1-13-5-9-19(29-13)16(23)7-10-20(24)22-15(12-21(25)28-4)14-6-8-17(26-2)18(11-14)27-3/h5-6,8-9,11,15H,7,10,12H2,1-4H3,(H,22,24). The summed E-state index contributed by atoms with van der Waals surface area (Å²) < 4.78 is 15.3. The lowest BCUT2D eigenvalue weighted by Crippen LogP contribution is -2.30. The van der Waals surface area contributed by atoms with Crippen molar-refractivity contribution < 1.29 is 28.6 Å². The van der Waals surface area contributed by atoms with Gasteiger partial charge >= 0.3 is 5.97 Å². The SMILES string of the molecule is COC(=O)CC(NC(=O)CCC(=O)c1ccc(C)s1)c1ccc(OC)c(OC)c1. The minimum atomic E-state index is -0.617. The number of hydrogen-bond donors (Lipinski definition) is 1. The number of aryl methyl sites for hydroxylation is 1. The van der Waals surface area contributed by atoms with Crippen molar-refractivity contribution in [2.24, 2.45) is 0 Å². The van der Waals surface area contributed by atoms with Crippen molar-refractivity contribution in [2.45, 2.75) is 32.2 Å². The van der Waals surface area contributed by atoms with Crippen LogP contribution in [0.4, 0.5) is 0 Å². The largest absolute Gasteiger partial charge is 0.493 e. The van der Waals surface area contributed by atoms with E-state index in [0.29, 0.717) is 21.9 Å². The predicted molar refractivity (Wildman–Crippen MR) is 110 cm³/mol. The number of carbonyl (C=O) groups is 3. The summed E-state index contributed by atoms with van der Waals surface area (Å²) >= 11 is 1.41. The fourth-order valence-corrected chi connectivity index (χ4v) is 3.61. The van der Waals surface area contributed by atoms with Crippen molar-refractivity contribution in [1.82, 2.24) is 5.32 Å². The number of ketones is 1. The molecule has 8 heteroatoms. The maximum atomic E-state index is 12.4. The van der Waals surface area contributed by atoms with Crippen LogP contribution in [0.25, 0.3) is 0 Å². The molecule has 0 spiro atoms. The van der Waals surface area contributed by atoms with Crippen LogP contribution in [0.2, 0.25) is 0 Å². The van der Waals surface area contributed by atoms with Crippen molar-refractivity contribution in [3.63, 3.8) is 0 Å². The quantitative estimate of drug-likeness (QED) is 0.468. The molecule has 156 valence electrons. The van der Waals surface area contributed by atoms with E-state index in [0.717, 1.165) is 4.88 Å². The fourth-order valence-electron chi connectivity index (χ4n) is 2.77. The lowest BCUT2D eigenvalue weighted by Gasteiger charge is -2.19. The summed E-state index contributed by atoms with van der Waals surface area (Å²) in [6.45, 7) is 1.93. The van der Waals surface area contributed by atoms with E-state index in [-0.39, 0.29) is 31.0 Å². The third-order valence-electron chi connectivity index (χ3n) is 4.34. The third kappa shape index (κ3) is 6.32. The first-order chi connectivity index (χ1) is 13.9. The van der Waals surface area contributed by atoms with Gasteiger partial charge in [-0.1, -0.05) is 6.07 Å². The normalized spacial score (nSPS) is 11.4. The molecule has 1 N–H and O–H groups in total. The molecule has 1 amide bonds. The highest BCUT2D eigenvalue weighted by Crippen LogP contribution is 2.31. The Balaban J connectivity index is 2.08. The topological polar surface area (TPSA) is 90.9 Å². The van der Waals surface area contributed by atoms with E-state index in [9.17, 15) is 14.4 Å². The molecule has 0 radical (unpaired) electrons. The van der Waals surface area contributed by atoms with Crippen molar-refractivity contribution in [1.29, 1.82) is 0 Å². The predicted octanol–water partition coefficient (Wildman–Crippen LogP) is 3.46. The van der Waals surface area contributed by atoms with Gasteiger partial charge in [-0.2, -0.15) is 0 Å². The Hall–Kier alpha value is -2.87. The summed E-state index contributed by atoms with van der Waals surface area (Å²) in [5.74, 6) is 0.160. The third-order valence-corrected chi connectivity index (χ3v) is 5.38. The monoisotopic (exact) mass is 419 g/mol. The summed E-state index contributed by atoms with van der Waals surface area (Å²) in [6, 6.07) is 8.17. The summed E-state index contributed by atoms with van der Waals surface area (Å²) in [5.41, 5.74) is 0.668. The highest BCUT2D eigenvalue weighted by molar-refractivity contribution is 7.14. The number of benzene rings is 1. The molecular formula is C21H25NO6S. The van der Waals surface area contributed by atoms with Gasteiger partial charge < -0.3 is 19.5 Å². The van der Waals surface area contributed by atoms with Gasteiger partial charge in [0, 0.05) is 17.7 Å². The molecule has 7 nitrogen and oxygen atoms in total. The second-order valence-corrected chi connectivity index (χ2v) is 7.64. The van der Waals surface area contributed by atoms with E-state index in [4.69, 9.17) is 14.2 Å². The number of methoxy groups -OCH3 is 3. The van der Waals surface area contributed by atoms with Crippen LogP contribution >= 0.6 is 11.3 Å². The van der Waals surface area contributed by atoms with Crippen molar-refractivity contribution in [3.8, 4) is 11.5 Å². The average Bonchev–Trinajstić information content (AvgIpc) is 3.17. The maximum absolute atomic E-state index is 12.4. The van der Waals surface area contributed by atoms with E-state index >= 15 is 0 Å². The van der Waals surface area contributed by atoms with Crippen molar-refractivity contribution >= 4 is 29.0 Å². The van der Waals surface area contributed by atoms with Crippen molar-refractivity contribution in [2.75, 3.05) is 21.3 Å². The Labute approximate surface area is 174 Å². The summed E-state index contributed by atoms with van der Waals surface area (Å²) in [4.78, 5) is 38.2. The molecule has 0 fully saturated rings. The number of carbonyl (C=O) groups excluding carboxylic acids is 3. The van der Waals surface area contributed by atoms with Gasteiger partial charge in [-0.25, -0.2) is 0 Å². The lowest BCUT2D eigenvalue weighted by molar-refractivity contribution is -0.141. The number of amides is 1. The highest BCUT2D eigenvalue weighted by atomic mass is 32.1. The van der Waals surface area contributed by atoms with E-state index in [1.807, 2.05) is 13.0 Å². The zero-order valence-electron chi connectivity index (χ0n) is 16.9. The number of thiophene rings is 1. The maximum Gasteiger partial charge on any atom is 0.307 e. The minimum absolute atomic E-state index is 0.0285. The number of hydrogen-bond acceptors (Lipinski definition) is 7. The first-order valence-electron chi connectivity index (χ1n) is 9.05. The molecule has 2 aromatic rings. The van der Waals surface area contributed by atoms with Gasteiger partial charge in [0.25, 0.3) is 0 Å². The minimum Gasteiger partial charge on any atom is -0.493 e. The average molecular weight is 419 g/mol. The fraction of sp³-hybridized carbons (Fsp3) is 0.381. The van der Waals surface area contributed by atoms with Crippen LogP contribution in [0.15, 0.2) is 30.3 Å². The first-order valence-corrected chi connectivity index (χ1v) is 9.87. The van der Waals surface area contributed by atoms with E-state index in [1.165, 1.54) is 32.7 Å². The number of Topliss-reactive ketones (excluding diaryl/α,β-unsaturated/α-hetero) is 1. The number of nitrogens with one attached hydrogen (secondary N) is 1. The molecule has 2 rings (SSSR count). The molecule has 0 aliphatic heterocycles. The summed E-state index contributed by atoms with van der Waals surface area (Å²) in [5, 5.41) is 2.81. The Morgan fingerprint density at radius 3 is 2.31 bits per heavy atom. The van der Waals surface area contributed by atoms with Crippen LogP contribution < -0.4 is 14.8 Å². The van der Waals surface area contributed by atoms with Crippen LogP contribution in [-0.2, 0) is 14.3 Å². The summed E-state index contributed by atoms with van der Waals surface area (Å²) in [7, 11) is 4.32. The molecule has 0 bridgehead atoms. The first kappa shape index (κ1) is 22.4. The van der Waals surface area contributed by atoms with E-state index in [1.54, 1.807) is 24.3 Å². The molecule has 1 unspecified atom stereocenters. The molecule has 1 heterocycles. The molecular weight excluding hydrogens is 394 g/mol. The Morgan fingerprint density at radius 1 is 1.00 bits per heavy atom. The van der Waals surface area contributed by atoms with Gasteiger partial charge in [0.15, 0.2) is 17.3 Å². The van der Waals surface area contributed by atoms with E-state index in [2.05, 4.69) is 5.32 Å². The molecule has 0 aliphatic rings. The molecule has 0 saturated carbocycles. The molecule has 0 saturated heterocycles. The molecule has 1 atom stereocenters. The van der Waals surface area contributed by atoms with E-state index < -0.39 is 12.0 Å². The van der Waals surface area contributed by atoms with Gasteiger partial charge in [-0.3, -0.25) is 14.4 Å². The van der Waals surface area contributed by atoms with Crippen LogP contribution in [0.5, 0.6) is 11.5 Å². The number of rotatable bonds is 10. The van der Waals surface area contributed by atoms with Crippen LogP contribution in [0.3, 0.4) is 0 Å². The Bertz CT molecular complexity index is 876. The van der Waals surface area contributed by atoms with Crippen LogP contribution in [-0.4, -0.2) is 39.0 Å². The molecule has 29 heavy (non-hydrogen) atoms. The van der Waals surface area contributed by atoms with Crippen LogP contribution in [0.1, 0.15) is 45.4 Å². The Morgan fingerprint density at radius 2 is 1.72 bits per heavy atom. The zero-order chi connectivity index (χ0) is 21.4. The summed E-state index contributed by atoms with van der Waals surface area (Å²) in [6.07, 6.45) is 0.0825. The van der Waals surface area contributed by atoms with Gasteiger partial charge in [-0.05, 0) is 36.8 Å². The highest BCUT2D eigenvalue weighted by Gasteiger charge is 2.21. The number of ether oxygens (including phenoxy) is 3. The van der Waals surface area contributed by atoms with Gasteiger partial charge in [-0.15, -0.1) is 11.3 Å². The second kappa shape index (κ2) is 10.6. The molecule has 1 aromatic carbocycles. The van der Waals surface area contributed by atoms with Crippen molar-refractivity contribution in [3.05, 3.63) is 45.6 Å². The Kier molecular flexibility index (Phi) is 8.21. The van der Waals surface area contributed by atoms with Gasteiger partial charge in [0.1, 0.15) is 0 Å². The molecule has 1 aromatic heterocycles. The zero-order valence-corrected chi connectivity index (χ0v) is 17.8. The smallest absolute Gasteiger partial charge is 0.307 e. The lowest BCUT2D eigenvalue weighted by atomic mass is 10.0. The number of esters is 1. The van der Waals surface area contributed by atoms with Crippen LogP contribution in [0, 0.1) is 6.92 Å². The second-order valence-electron chi connectivity index (χ2n) is 6.35.